The molecule has 1 saturated carbocycles. The average molecular weight is 268 g/mol. The van der Waals surface area contributed by atoms with Crippen LogP contribution in [0.2, 0.25) is 0 Å². The minimum atomic E-state index is 0.577. The Bertz CT molecular complexity index is 605. The second-order valence-corrected chi connectivity index (χ2v) is 6.46. The summed E-state index contributed by atoms with van der Waals surface area (Å²) in [5.41, 5.74) is 2.33. The second-order valence-electron chi connectivity index (χ2n) is 6.46. The van der Waals surface area contributed by atoms with Crippen LogP contribution in [0.4, 0.5) is 5.82 Å². The average Bonchev–Trinajstić information content (AvgIpc) is 2.44. The van der Waals surface area contributed by atoms with E-state index in [0.29, 0.717) is 6.04 Å². The van der Waals surface area contributed by atoms with E-state index in [-0.39, 0.29) is 0 Å². The Balaban J connectivity index is 1.82. The quantitative estimate of drug-likeness (QED) is 0.847. The monoisotopic (exact) mass is 268 g/mol. The van der Waals surface area contributed by atoms with Crippen LogP contribution in [0.5, 0.6) is 0 Å². The van der Waals surface area contributed by atoms with Crippen molar-refractivity contribution in [3.05, 3.63) is 35.9 Å². The van der Waals surface area contributed by atoms with Gasteiger partial charge in [0.05, 0.1) is 5.52 Å². The first-order chi connectivity index (χ1) is 9.63. The van der Waals surface area contributed by atoms with Crippen molar-refractivity contribution in [3.63, 3.8) is 0 Å². The maximum Gasteiger partial charge on any atom is 0.129 e. The summed E-state index contributed by atoms with van der Waals surface area (Å²) in [7, 11) is 0. The standard InChI is InChI=1S/C18H24N2/c1-12-8-9-16(11-13(12)2)19-18-14(3)10-15-6-4-5-7-17(15)20-18/h4-7,10,12-13,16H,8-9,11H2,1-3H3,(H,19,20). The molecular formula is C18H24N2. The molecule has 1 aromatic carbocycles. The lowest BCUT2D eigenvalue weighted by Gasteiger charge is -2.33. The van der Waals surface area contributed by atoms with Crippen molar-refractivity contribution in [2.75, 3.05) is 5.32 Å². The number of benzene rings is 1. The summed E-state index contributed by atoms with van der Waals surface area (Å²) >= 11 is 0. The summed E-state index contributed by atoms with van der Waals surface area (Å²) in [5, 5.41) is 4.90. The smallest absolute Gasteiger partial charge is 0.129 e. The molecule has 1 fully saturated rings. The lowest BCUT2D eigenvalue weighted by Crippen LogP contribution is -2.30. The Morgan fingerprint density at radius 1 is 1.10 bits per heavy atom. The molecule has 0 saturated heterocycles. The molecule has 0 spiro atoms. The van der Waals surface area contributed by atoms with Gasteiger partial charge < -0.3 is 5.32 Å². The van der Waals surface area contributed by atoms with Crippen molar-refractivity contribution in [2.45, 2.75) is 46.1 Å². The van der Waals surface area contributed by atoms with Gasteiger partial charge in [0, 0.05) is 11.4 Å². The van der Waals surface area contributed by atoms with E-state index >= 15 is 0 Å². The summed E-state index contributed by atoms with van der Waals surface area (Å²) in [6, 6.07) is 11.2. The Morgan fingerprint density at radius 3 is 2.70 bits per heavy atom. The van der Waals surface area contributed by atoms with Gasteiger partial charge in [0.15, 0.2) is 0 Å². The predicted octanol–water partition coefficient (Wildman–Crippen LogP) is 4.78. The minimum Gasteiger partial charge on any atom is -0.367 e. The van der Waals surface area contributed by atoms with Gasteiger partial charge >= 0.3 is 0 Å². The van der Waals surface area contributed by atoms with Crippen molar-refractivity contribution < 1.29 is 0 Å². The maximum absolute atomic E-state index is 4.80. The first kappa shape index (κ1) is 13.4. The number of hydrogen-bond acceptors (Lipinski definition) is 2. The van der Waals surface area contributed by atoms with Gasteiger partial charge in [0.25, 0.3) is 0 Å². The van der Waals surface area contributed by atoms with E-state index in [1.807, 2.05) is 0 Å². The van der Waals surface area contributed by atoms with Gasteiger partial charge in [-0.2, -0.15) is 0 Å². The number of nitrogens with zero attached hydrogens (tertiary/aromatic N) is 1. The van der Waals surface area contributed by atoms with Crippen molar-refractivity contribution in [1.29, 1.82) is 0 Å². The highest BCUT2D eigenvalue weighted by molar-refractivity contribution is 5.81. The van der Waals surface area contributed by atoms with Gasteiger partial charge in [-0.1, -0.05) is 32.0 Å². The predicted molar refractivity (Wildman–Crippen MR) is 86.1 cm³/mol. The zero-order valence-corrected chi connectivity index (χ0v) is 12.7. The molecule has 106 valence electrons. The first-order valence-corrected chi connectivity index (χ1v) is 7.76. The van der Waals surface area contributed by atoms with Crippen molar-refractivity contribution >= 4 is 16.7 Å². The second kappa shape index (κ2) is 5.43. The molecular weight excluding hydrogens is 244 g/mol. The molecule has 1 aliphatic carbocycles. The molecule has 2 heteroatoms. The molecule has 0 bridgehead atoms. The molecule has 1 heterocycles. The summed E-state index contributed by atoms with van der Waals surface area (Å²) in [5.74, 6) is 2.73. The number of fused-ring (bicyclic) bond motifs is 1. The third-order valence-electron chi connectivity index (χ3n) is 4.85. The van der Waals surface area contributed by atoms with Gasteiger partial charge in [-0.3, -0.25) is 0 Å². The number of aromatic nitrogens is 1. The molecule has 0 amide bonds. The molecule has 1 aliphatic rings. The van der Waals surface area contributed by atoms with Crippen LogP contribution < -0.4 is 5.32 Å². The van der Waals surface area contributed by atoms with E-state index in [4.69, 9.17) is 4.98 Å². The van der Waals surface area contributed by atoms with E-state index in [0.717, 1.165) is 23.2 Å². The Labute approximate surface area is 121 Å². The van der Waals surface area contributed by atoms with Crippen LogP contribution in [-0.2, 0) is 0 Å². The highest BCUT2D eigenvalue weighted by Crippen LogP contribution is 2.31. The Morgan fingerprint density at radius 2 is 1.90 bits per heavy atom. The third kappa shape index (κ3) is 2.65. The SMILES string of the molecule is Cc1cc2ccccc2nc1NC1CCC(C)C(C)C1. The number of pyridine rings is 1. The molecule has 0 aliphatic heterocycles. The summed E-state index contributed by atoms with van der Waals surface area (Å²) in [6.07, 6.45) is 3.85. The fourth-order valence-electron chi connectivity index (χ4n) is 3.24. The van der Waals surface area contributed by atoms with Crippen LogP contribution >= 0.6 is 0 Å². The van der Waals surface area contributed by atoms with Gasteiger partial charge in [-0.15, -0.1) is 0 Å². The van der Waals surface area contributed by atoms with E-state index in [2.05, 4.69) is 56.4 Å². The zero-order chi connectivity index (χ0) is 14.1. The fraction of sp³-hybridized carbons (Fsp3) is 0.500. The van der Waals surface area contributed by atoms with Crippen LogP contribution in [0.25, 0.3) is 10.9 Å². The summed E-state index contributed by atoms with van der Waals surface area (Å²) in [6.45, 7) is 6.90. The fourth-order valence-corrected chi connectivity index (χ4v) is 3.24. The lowest BCUT2D eigenvalue weighted by molar-refractivity contribution is 0.260. The molecule has 3 rings (SSSR count). The highest BCUT2D eigenvalue weighted by atomic mass is 15.0. The van der Waals surface area contributed by atoms with Crippen molar-refractivity contribution in [1.82, 2.24) is 4.98 Å². The van der Waals surface area contributed by atoms with Crippen LogP contribution in [-0.4, -0.2) is 11.0 Å². The number of rotatable bonds is 2. The summed E-state index contributed by atoms with van der Waals surface area (Å²) < 4.78 is 0. The molecule has 2 aromatic rings. The molecule has 0 radical (unpaired) electrons. The Kier molecular flexibility index (Phi) is 3.64. The molecule has 2 nitrogen and oxygen atoms in total. The van der Waals surface area contributed by atoms with E-state index in [1.165, 1.54) is 30.2 Å². The van der Waals surface area contributed by atoms with E-state index in [9.17, 15) is 0 Å². The summed E-state index contributed by atoms with van der Waals surface area (Å²) in [4.78, 5) is 4.80. The highest BCUT2D eigenvalue weighted by Gasteiger charge is 2.24. The molecule has 1 aromatic heterocycles. The van der Waals surface area contributed by atoms with Crippen LogP contribution in [0.1, 0.15) is 38.7 Å². The van der Waals surface area contributed by atoms with E-state index < -0.39 is 0 Å². The zero-order valence-electron chi connectivity index (χ0n) is 12.7. The molecule has 20 heavy (non-hydrogen) atoms. The number of para-hydroxylation sites is 1. The number of aryl methyl sites for hydroxylation is 1. The van der Waals surface area contributed by atoms with Crippen molar-refractivity contribution in [2.24, 2.45) is 11.8 Å². The number of anilines is 1. The topological polar surface area (TPSA) is 24.9 Å². The van der Waals surface area contributed by atoms with Crippen LogP contribution in [0.15, 0.2) is 30.3 Å². The van der Waals surface area contributed by atoms with E-state index in [1.54, 1.807) is 0 Å². The van der Waals surface area contributed by atoms with Gasteiger partial charge in [0.2, 0.25) is 0 Å². The van der Waals surface area contributed by atoms with Gasteiger partial charge in [-0.25, -0.2) is 4.98 Å². The molecule has 3 unspecified atom stereocenters. The largest absolute Gasteiger partial charge is 0.367 e. The first-order valence-electron chi connectivity index (χ1n) is 7.76. The maximum atomic E-state index is 4.80. The third-order valence-corrected chi connectivity index (χ3v) is 4.85. The molecule has 3 atom stereocenters. The number of nitrogens with one attached hydrogen (secondary N) is 1. The van der Waals surface area contributed by atoms with Crippen LogP contribution in [0, 0.1) is 18.8 Å². The van der Waals surface area contributed by atoms with Crippen LogP contribution in [0.3, 0.4) is 0 Å². The van der Waals surface area contributed by atoms with Crippen molar-refractivity contribution in [3.8, 4) is 0 Å². The number of hydrogen-bond donors (Lipinski definition) is 1. The lowest BCUT2D eigenvalue weighted by atomic mass is 9.79. The molecule has 1 N–H and O–H groups in total. The minimum absolute atomic E-state index is 0.577. The normalized spacial score (nSPS) is 26.6. The van der Waals surface area contributed by atoms with Gasteiger partial charge in [0.1, 0.15) is 5.82 Å². The van der Waals surface area contributed by atoms with Gasteiger partial charge in [-0.05, 0) is 55.7 Å². The Hall–Kier alpha value is -1.57.